The van der Waals surface area contributed by atoms with Crippen LogP contribution in [-0.2, 0) is 31.0 Å². The number of benzene rings is 1. The van der Waals surface area contributed by atoms with E-state index in [1.165, 1.54) is 5.56 Å². The predicted octanol–water partition coefficient (Wildman–Crippen LogP) is 6.88. The molecule has 0 aliphatic carbocycles. The van der Waals surface area contributed by atoms with E-state index in [0.29, 0.717) is 29.8 Å². The fraction of sp³-hybridized carbons (Fsp3) is 0.581. The second-order valence-electron chi connectivity index (χ2n) is 12.4. The van der Waals surface area contributed by atoms with Crippen LogP contribution >= 0.6 is 0 Å². The standard InChI is InChI=1S/C31H47NO5Si2/c1-10-24-11-13-25(14-12-24)18-32-19-26(15-16-30(32)33)27-17-28(31-29(35-27)20-34-38(8,9)37-31)36-39(21(2)3,22(4)5)23(6)7/h11-17,19,21-23,28-29,31H,10,18,20H2,1-9H3/t28-,29+,31-/m0/s1. The van der Waals surface area contributed by atoms with Crippen LogP contribution in [0.15, 0.2) is 53.5 Å². The first-order chi connectivity index (χ1) is 18.4. The Morgan fingerprint density at radius 3 is 2.18 bits per heavy atom. The molecule has 3 atom stereocenters. The van der Waals surface area contributed by atoms with Gasteiger partial charge in [0.25, 0.3) is 5.56 Å². The molecule has 6 nitrogen and oxygen atoms in total. The number of rotatable bonds is 9. The Bertz CT molecular complexity index is 1200. The fourth-order valence-electron chi connectivity index (χ4n) is 6.43. The quantitative estimate of drug-likeness (QED) is 0.308. The summed E-state index contributed by atoms with van der Waals surface area (Å²) in [4.78, 5) is 12.8. The topological polar surface area (TPSA) is 58.9 Å². The predicted molar refractivity (Wildman–Crippen MR) is 163 cm³/mol. The maximum Gasteiger partial charge on any atom is 0.332 e. The molecule has 0 radical (unpaired) electrons. The smallest absolute Gasteiger partial charge is 0.332 e. The lowest BCUT2D eigenvalue weighted by Crippen LogP contribution is -2.61. The Labute approximate surface area is 236 Å². The minimum atomic E-state index is -2.28. The van der Waals surface area contributed by atoms with Gasteiger partial charge >= 0.3 is 8.56 Å². The lowest BCUT2D eigenvalue weighted by atomic mass is 10.0. The van der Waals surface area contributed by atoms with Gasteiger partial charge in [-0.15, -0.1) is 0 Å². The monoisotopic (exact) mass is 569 g/mol. The molecule has 0 saturated carbocycles. The summed E-state index contributed by atoms with van der Waals surface area (Å²) in [7, 11) is -4.49. The third-order valence-electron chi connectivity index (χ3n) is 8.40. The summed E-state index contributed by atoms with van der Waals surface area (Å²) < 4.78 is 28.3. The molecule has 0 spiro atoms. The van der Waals surface area contributed by atoms with Gasteiger partial charge in [-0.25, -0.2) is 0 Å². The lowest BCUT2D eigenvalue weighted by molar-refractivity contribution is -0.101. The molecule has 1 saturated heterocycles. The van der Waals surface area contributed by atoms with E-state index < -0.39 is 16.9 Å². The van der Waals surface area contributed by atoms with Crippen LogP contribution in [0.3, 0.4) is 0 Å². The molecule has 2 aromatic rings. The molecular weight excluding hydrogens is 523 g/mol. The largest absolute Gasteiger partial charge is 0.485 e. The first-order valence-electron chi connectivity index (χ1n) is 14.5. The molecule has 2 aliphatic heterocycles. The van der Waals surface area contributed by atoms with E-state index in [9.17, 15) is 4.79 Å². The van der Waals surface area contributed by atoms with Gasteiger partial charge in [0.1, 0.15) is 18.0 Å². The van der Waals surface area contributed by atoms with Gasteiger partial charge in [0, 0.05) is 17.8 Å². The van der Waals surface area contributed by atoms with Gasteiger partial charge in [0.2, 0.25) is 8.32 Å². The average Bonchev–Trinajstić information content (AvgIpc) is 2.88. The molecule has 4 rings (SSSR count). The second kappa shape index (κ2) is 11.9. The normalized spacial score (nSPS) is 23.1. The number of fused-ring (bicyclic) bond motifs is 1. The zero-order valence-corrected chi connectivity index (χ0v) is 27.2. The van der Waals surface area contributed by atoms with Gasteiger partial charge in [-0.2, -0.15) is 0 Å². The van der Waals surface area contributed by atoms with E-state index >= 15 is 0 Å². The van der Waals surface area contributed by atoms with Crippen LogP contribution in [0.4, 0.5) is 0 Å². The maximum absolute atomic E-state index is 12.8. The summed E-state index contributed by atoms with van der Waals surface area (Å²) in [6.45, 7) is 21.1. The summed E-state index contributed by atoms with van der Waals surface area (Å²) in [6, 6.07) is 11.9. The van der Waals surface area contributed by atoms with Crippen molar-refractivity contribution < 1.29 is 18.0 Å². The number of ether oxygens (including phenoxy) is 1. The third-order valence-corrected chi connectivity index (χ3v) is 16.2. The van der Waals surface area contributed by atoms with Crippen molar-refractivity contribution >= 4 is 22.6 Å². The minimum Gasteiger partial charge on any atom is -0.485 e. The molecule has 0 bridgehead atoms. The molecule has 0 amide bonds. The summed E-state index contributed by atoms with van der Waals surface area (Å²) in [5.41, 5.74) is 4.54. The van der Waals surface area contributed by atoms with Crippen LogP contribution in [0, 0.1) is 0 Å². The maximum atomic E-state index is 12.8. The summed E-state index contributed by atoms with van der Waals surface area (Å²) >= 11 is 0. The van der Waals surface area contributed by atoms with Crippen molar-refractivity contribution in [3.63, 3.8) is 0 Å². The summed E-state index contributed by atoms with van der Waals surface area (Å²) in [5.74, 6) is 0.726. The Morgan fingerprint density at radius 1 is 0.974 bits per heavy atom. The SMILES string of the molecule is CCc1ccc(Cn2cc(C3=C[C@H](O[Si](C(C)C)(C(C)C)C(C)C)[C@@H]4O[Si](C)(C)OC[C@H]4O3)ccc2=O)cc1. The van der Waals surface area contributed by atoms with Crippen molar-refractivity contribution in [1.82, 2.24) is 4.57 Å². The highest BCUT2D eigenvalue weighted by Gasteiger charge is 2.52. The van der Waals surface area contributed by atoms with E-state index in [0.717, 1.165) is 23.3 Å². The molecule has 214 valence electrons. The van der Waals surface area contributed by atoms with Crippen LogP contribution in [-0.4, -0.2) is 46.4 Å². The molecule has 0 unspecified atom stereocenters. The van der Waals surface area contributed by atoms with Crippen LogP contribution in [0.1, 0.15) is 65.2 Å². The van der Waals surface area contributed by atoms with E-state index in [-0.39, 0.29) is 23.9 Å². The zero-order chi connectivity index (χ0) is 28.5. The molecule has 1 aromatic carbocycles. The molecule has 3 heterocycles. The Morgan fingerprint density at radius 2 is 1.59 bits per heavy atom. The number of hydrogen-bond acceptors (Lipinski definition) is 5. The van der Waals surface area contributed by atoms with Crippen molar-refractivity contribution in [2.45, 2.75) is 109 Å². The van der Waals surface area contributed by atoms with Crippen molar-refractivity contribution in [2.75, 3.05) is 6.61 Å². The Kier molecular flexibility index (Phi) is 9.13. The van der Waals surface area contributed by atoms with Crippen LogP contribution in [0.2, 0.25) is 29.7 Å². The summed E-state index contributed by atoms with van der Waals surface area (Å²) in [5, 5.41) is 0. The number of aryl methyl sites for hydroxylation is 1. The molecule has 8 heteroatoms. The zero-order valence-electron chi connectivity index (χ0n) is 25.2. The molecule has 1 fully saturated rings. The molecule has 39 heavy (non-hydrogen) atoms. The van der Waals surface area contributed by atoms with Gasteiger partial charge < -0.3 is 22.6 Å². The number of nitrogens with zero attached hydrogens (tertiary/aromatic N) is 1. The number of pyridine rings is 1. The highest BCUT2D eigenvalue weighted by molar-refractivity contribution is 6.77. The van der Waals surface area contributed by atoms with Crippen molar-refractivity contribution in [3.05, 3.63) is 75.7 Å². The van der Waals surface area contributed by atoms with Crippen LogP contribution < -0.4 is 5.56 Å². The minimum absolute atomic E-state index is 0.0386. The number of hydrogen-bond donors (Lipinski definition) is 0. The van der Waals surface area contributed by atoms with E-state index in [1.54, 1.807) is 10.6 Å². The van der Waals surface area contributed by atoms with Crippen molar-refractivity contribution in [1.29, 1.82) is 0 Å². The lowest BCUT2D eigenvalue weighted by Gasteiger charge is -2.50. The first kappa shape index (κ1) is 30.0. The Balaban J connectivity index is 1.72. The van der Waals surface area contributed by atoms with E-state index in [4.69, 9.17) is 18.0 Å². The van der Waals surface area contributed by atoms with E-state index in [2.05, 4.69) is 91.9 Å². The molecule has 0 N–H and O–H groups in total. The van der Waals surface area contributed by atoms with Gasteiger partial charge in [-0.3, -0.25) is 4.79 Å². The van der Waals surface area contributed by atoms with Crippen LogP contribution in [0.5, 0.6) is 0 Å². The first-order valence-corrected chi connectivity index (χ1v) is 19.5. The molecule has 1 aromatic heterocycles. The highest BCUT2D eigenvalue weighted by Crippen LogP contribution is 2.45. The molecule has 2 aliphatic rings. The highest BCUT2D eigenvalue weighted by atomic mass is 28.4. The average molecular weight is 570 g/mol. The van der Waals surface area contributed by atoms with E-state index in [1.807, 2.05) is 12.3 Å². The third kappa shape index (κ3) is 6.35. The van der Waals surface area contributed by atoms with Crippen LogP contribution in [0.25, 0.3) is 5.76 Å². The molecular formula is C31H47NO5Si2. The van der Waals surface area contributed by atoms with Gasteiger partial charge in [0.05, 0.1) is 19.3 Å². The van der Waals surface area contributed by atoms with Gasteiger partial charge in [-0.1, -0.05) is 72.7 Å². The van der Waals surface area contributed by atoms with Crippen molar-refractivity contribution in [3.8, 4) is 0 Å². The second-order valence-corrected chi connectivity index (χ2v) is 21.2. The fourth-order valence-corrected chi connectivity index (χ4v) is 13.5. The van der Waals surface area contributed by atoms with Gasteiger partial charge in [0.15, 0.2) is 0 Å². The number of aromatic nitrogens is 1. The Hall–Kier alpha value is -1.98. The summed E-state index contributed by atoms with van der Waals surface area (Å²) in [6.07, 6.45) is 4.28. The van der Waals surface area contributed by atoms with Gasteiger partial charge in [-0.05, 0) is 59.4 Å². The van der Waals surface area contributed by atoms with Crippen molar-refractivity contribution in [2.24, 2.45) is 0 Å².